The predicted octanol–water partition coefficient (Wildman–Crippen LogP) is 3.92. The second-order valence-electron chi connectivity index (χ2n) is 3.55. The Hall–Kier alpha value is -1.23. The Labute approximate surface area is 118 Å². The van der Waals surface area contributed by atoms with Gasteiger partial charge in [-0.3, -0.25) is 4.79 Å². The van der Waals surface area contributed by atoms with Crippen LogP contribution in [-0.2, 0) is 0 Å². The van der Waals surface area contributed by atoms with Crippen LogP contribution >= 0.6 is 27.5 Å². The Morgan fingerprint density at radius 3 is 2.94 bits per heavy atom. The van der Waals surface area contributed by atoms with Gasteiger partial charge in [-0.05, 0) is 52.5 Å². The first-order chi connectivity index (χ1) is 8.65. The summed E-state index contributed by atoms with van der Waals surface area (Å²) in [4.78, 5) is 14.4. The highest BCUT2D eigenvalue weighted by molar-refractivity contribution is 9.10. The zero-order valence-corrected chi connectivity index (χ0v) is 11.9. The van der Waals surface area contributed by atoms with Crippen molar-refractivity contribution in [3.63, 3.8) is 0 Å². The van der Waals surface area contributed by atoms with Crippen molar-refractivity contribution >= 4 is 33.4 Å². The van der Waals surface area contributed by atoms with Crippen LogP contribution in [0, 0.1) is 0 Å². The van der Waals surface area contributed by atoms with Gasteiger partial charge in [-0.15, -0.1) is 0 Å². The summed E-state index contributed by atoms with van der Waals surface area (Å²) in [5.74, 6) is -0.142. The van der Waals surface area contributed by atoms with E-state index in [2.05, 4.69) is 31.3 Å². The van der Waals surface area contributed by atoms with Crippen molar-refractivity contribution in [3.05, 3.63) is 43.7 Å². The molecule has 1 amide bonds. The van der Waals surface area contributed by atoms with E-state index in [1.165, 1.54) is 0 Å². The molecular formula is C11H12BrClN4O. The molecule has 5 nitrogen and oxygen atoms in total. The molecule has 0 saturated heterocycles. The normalized spacial score (nSPS) is 9.67. The van der Waals surface area contributed by atoms with Gasteiger partial charge >= 0.3 is 0 Å². The molecular weight excluding hydrogens is 320 g/mol. The van der Waals surface area contributed by atoms with Crippen LogP contribution in [0.25, 0.3) is 10.4 Å². The molecule has 0 aliphatic heterocycles. The van der Waals surface area contributed by atoms with Crippen molar-refractivity contribution in [2.24, 2.45) is 5.11 Å². The van der Waals surface area contributed by atoms with Crippen molar-refractivity contribution in [2.75, 3.05) is 13.1 Å². The third-order valence-electron chi connectivity index (χ3n) is 2.22. The van der Waals surface area contributed by atoms with Gasteiger partial charge in [-0.25, -0.2) is 0 Å². The monoisotopic (exact) mass is 330 g/mol. The maximum absolute atomic E-state index is 11.7. The van der Waals surface area contributed by atoms with Crippen LogP contribution < -0.4 is 5.32 Å². The first-order valence-corrected chi connectivity index (χ1v) is 6.56. The molecule has 0 spiro atoms. The lowest BCUT2D eigenvalue weighted by molar-refractivity contribution is 0.0953. The van der Waals surface area contributed by atoms with Crippen LogP contribution in [0.1, 0.15) is 23.2 Å². The molecule has 0 heterocycles. The highest BCUT2D eigenvalue weighted by Gasteiger charge is 2.06. The van der Waals surface area contributed by atoms with Gasteiger partial charge in [-0.1, -0.05) is 16.7 Å². The SMILES string of the molecule is [N-]=[N+]=NCCCCNC(=O)c1ccc(Cl)c(Br)c1. The number of nitrogens with zero attached hydrogens (tertiary/aromatic N) is 3. The largest absolute Gasteiger partial charge is 0.352 e. The van der Waals surface area contributed by atoms with E-state index in [-0.39, 0.29) is 5.91 Å². The molecule has 1 aromatic rings. The van der Waals surface area contributed by atoms with E-state index >= 15 is 0 Å². The summed E-state index contributed by atoms with van der Waals surface area (Å²) in [6.07, 6.45) is 1.54. The predicted molar refractivity (Wildman–Crippen MR) is 74.7 cm³/mol. The average Bonchev–Trinajstić information content (AvgIpc) is 2.36. The second-order valence-corrected chi connectivity index (χ2v) is 4.81. The number of carbonyl (C=O) groups is 1. The minimum Gasteiger partial charge on any atom is -0.352 e. The van der Waals surface area contributed by atoms with Crippen molar-refractivity contribution in [3.8, 4) is 0 Å². The Kier molecular flexibility index (Phi) is 6.57. The standard InChI is InChI=1S/C11H12BrClN4O/c12-9-7-8(3-4-10(9)13)11(18)15-5-1-2-6-16-17-14/h3-4,7H,1-2,5-6H2,(H,15,18). The molecule has 0 bridgehead atoms. The third kappa shape index (κ3) is 4.96. The lowest BCUT2D eigenvalue weighted by atomic mass is 10.2. The fourth-order valence-corrected chi connectivity index (χ4v) is 1.79. The second kappa shape index (κ2) is 7.97. The Morgan fingerprint density at radius 1 is 1.50 bits per heavy atom. The molecule has 18 heavy (non-hydrogen) atoms. The number of nitrogens with one attached hydrogen (secondary N) is 1. The van der Waals surface area contributed by atoms with Crippen LogP contribution in [0.5, 0.6) is 0 Å². The van der Waals surface area contributed by atoms with E-state index in [9.17, 15) is 4.79 Å². The topological polar surface area (TPSA) is 77.9 Å². The Morgan fingerprint density at radius 2 is 2.28 bits per heavy atom. The van der Waals surface area contributed by atoms with Crippen LogP contribution in [0.15, 0.2) is 27.8 Å². The smallest absolute Gasteiger partial charge is 0.251 e. The average molecular weight is 332 g/mol. The van der Waals surface area contributed by atoms with Gasteiger partial charge < -0.3 is 5.32 Å². The molecule has 0 saturated carbocycles. The molecule has 0 aromatic heterocycles. The number of benzene rings is 1. The van der Waals surface area contributed by atoms with Crippen LogP contribution in [0.3, 0.4) is 0 Å². The van der Waals surface area contributed by atoms with Crippen molar-refractivity contribution in [2.45, 2.75) is 12.8 Å². The number of unbranched alkanes of at least 4 members (excludes halogenated alkanes) is 1. The van der Waals surface area contributed by atoms with Crippen molar-refractivity contribution < 1.29 is 4.79 Å². The lowest BCUT2D eigenvalue weighted by Gasteiger charge is -2.05. The van der Waals surface area contributed by atoms with Gasteiger partial charge in [0.1, 0.15) is 0 Å². The first-order valence-electron chi connectivity index (χ1n) is 5.39. The highest BCUT2D eigenvalue weighted by atomic mass is 79.9. The molecule has 0 aliphatic carbocycles. The van der Waals surface area contributed by atoms with Crippen LogP contribution in [-0.4, -0.2) is 19.0 Å². The van der Waals surface area contributed by atoms with Gasteiger partial charge in [0, 0.05) is 28.0 Å². The molecule has 0 fully saturated rings. The quantitative estimate of drug-likeness (QED) is 0.364. The molecule has 0 radical (unpaired) electrons. The van der Waals surface area contributed by atoms with Gasteiger partial charge in [0.25, 0.3) is 5.91 Å². The molecule has 1 aromatic carbocycles. The first kappa shape index (κ1) is 14.8. The number of halogens is 2. The van der Waals surface area contributed by atoms with E-state index in [1.54, 1.807) is 18.2 Å². The maximum atomic E-state index is 11.7. The van der Waals surface area contributed by atoms with E-state index < -0.39 is 0 Å². The summed E-state index contributed by atoms with van der Waals surface area (Å²) in [7, 11) is 0. The van der Waals surface area contributed by atoms with E-state index in [0.29, 0.717) is 28.1 Å². The summed E-state index contributed by atoms with van der Waals surface area (Å²) in [5, 5.41) is 6.77. The number of hydrogen-bond acceptors (Lipinski definition) is 2. The molecule has 0 atom stereocenters. The molecule has 96 valence electrons. The van der Waals surface area contributed by atoms with Gasteiger partial charge in [0.05, 0.1) is 5.02 Å². The summed E-state index contributed by atoms with van der Waals surface area (Å²) < 4.78 is 0.695. The molecule has 1 N–H and O–H groups in total. The van der Waals surface area contributed by atoms with Crippen molar-refractivity contribution in [1.29, 1.82) is 0 Å². The summed E-state index contributed by atoms with van der Waals surface area (Å²) in [5.41, 5.74) is 8.64. The van der Waals surface area contributed by atoms with Crippen LogP contribution in [0.2, 0.25) is 5.02 Å². The minimum absolute atomic E-state index is 0.142. The number of carbonyl (C=O) groups excluding carboxylic acids is 1. The Bertz CT molecular complexity index is 474. The fraction of sp³-hybridized carbons (Fsp3) is 0.364. The summed E-state index contributed by atoms with van der Waals surface area (Å²) in [6.45, 7) is 1.01. The summed E-state index contributed by atoms with van der Waals surface area (Å²) in [6, 6.07) is 5.02. The number of hydrogen-bond donors (Lipinski definition) is 1. The molecule has 1 rings (SSSR count). The van der Waals surface area contributed by atoms with Crippen molar-refractivity contribution in [1.82, 2.24) is 5.32 Å². The van der Waals surface area contributed by atoms with Gasteiger partial charge in [-0.2, -0.15) is 0 Å². The number of rotatable bonds is 6. The fourth-order valence-electron chi connectivity index (χ4n) is 1.29. The van der Waals surface area contributed by atoms with Crippen LogP contribution in [0.4, 0.5) is 0 Å². The molecule has 7 heteroatoms. The van der Waals surface area contributed by atoms with Gasteiger partial charge in [0.15, 0.2) is 0 Å². The number of amides is 1. The summed E-state index contributed by atoms with van der Waals surface area (Å²) >= 11 is 9.11. The van der Waals surface area contributed by atoms with Gasteiger partial charge in [0.2, 0.25) is 0 Å². The lowest BCUT2D eigenvalue weighted by Crippen LogP contribution is -2.24. The highest BCUT2D eigenvalue weighted by Crippen LogP contribution is 2.23. The Balaban J connectivity index is 2.36. The molecule has 0 aliphatic rings. The zero-order chi connectivity index (χ0) is 13.4. The zero-order valence-electron chi connectivity index (χ0n) is 9.57. The third-order valence-corrected chi connectivity index (χ3v) is 3.43. The number of azide groups is 1. The van der Waals surface area contributed by atoms with E-state index in [4.69, 9.17) is 17.1 Å². The van der Waals surface area contributed by atoms with E-state index in [1.807, 2.05) is 0 Å². The van der Waals surface area contributed by atoms with E-state index in [0.717, 1.165) is 12.8 Å². The maximum Gasteiger partial charge on any atom is 0.251 e. The minimum atomic E-state index is -0.142. The molecule has 0 unspecified atom stereocenters.